The highest BCUT2D eigenvalue weighted by molar-refractivity contribution is 7.99. The van der Waals surface area contributed by atoms with Crippen LogP contribution in [0.25, 0.3) is 11.4 Å². The van der Waals surface area contributed by atoms with E-state index >= 15 is 0 Å². The number of nitrogens with zero attached hydrogens (tertiary/aromatic N) is 3. The molecule has 0 fully saturated rings. The van der Waals surface area contributed by atoms with Gasteiger partial charge in [-0.25, -0.2) is 0 Å². The number of aromatic nitrogens is 3. The Hall–Kier alpha value is -2.93. The summed E-state index contributed by atoms with van der Waals surface area (Å²) in [5, 5.41) is 11.8. The van der Waals surface area contributed by atoms with Gasteiger partial charge in [0.2, 0.25) is 5.91 Å². The summed E-state index contributed by atoms with van der Waals surface area (Å²) in [5.41, 5.74) is 2.19. The number of benzene rings is 1. The van der Waals surface area contributed by atoms with Gasteiger partial charge in [-0.2, -0.15) is 0 Å². The van der Waals surface area contributed by atoms with Crippen molar-refractivity contribution in [3.8, 4) is 17.1 Å². The van der Waals surface area contributed by atoms with Crippen LogP contribution in [0.1, 0.15) is 0 Å². The topological polar surface area (TPSA) is 77.0 Å². The van der Waals surface area contributed by atoms with Gasteiger partial charge in [0.15, 0.2) is 0 Å². The van der Waals surface area contributed by atoms with E-state index in [1.165, 1.54) is 11.8 Å². The zero-order chi connectivity index (χ0) is 17.5. The molecular formula is C18H16N4O2S. The molecule has 25 heavy (non-hydrogen) atoms. The second kappa shape index (κ2) is 8.25. The molecule has 6 nitrogen and oxygen atoms in total. The molecule has 2 aromatic heterocycles. The van der Waals surface area contributed by atoms with Crippen molar-refractivity contribution < 1.29 is 9.53 Å². The van der Waals surface area contributed by atoms with Crippen molar-refractivity contribution in [3.05, 3.63) is 60.8 Å². The van der Waals surface area contributed by atoms with Crippen LogP contribution < -0.4 is 10.1 Å². The van der Waals surface area contributed by atoms with Crippen LogP contribution in [0.4, 0.5) is 5.69 Å². The van der Waals surface area contributed by atoms with Crippen LogP contribution in [0.3, 0.4) is 0 Å². The van der Waals surface area contributed by atoms with E-state index < -0.39 is 0 Å². The molecule has 0 saturated heterocycles. The number of hydrogen-bond donors (Lipinski definition) is 1. The number of pyridine rings is 1. The molecule has 0 aliphatic carbocycles. The lowest BCUT2D eigenvalue weighted by atomic mass is 10.2. The van der Waals surface area contributed by atoms with Gasteiger partial charge < -0.3 is 10.1 Å². The van der Waals surface area contributed by atoms with Gasteiger partial charge >= 0.3 is 0 Å². The lowest BCUT2D eigenvalue weighted by Crippen LogP contribution is -2.14. The van der Waals surface area contributed by atoms with Gasteiger partial charge in [0.1, 0.15) is 16.5 Å². The van der Waals surface area contributed by atoms with Crippen LogP contribution in [0.5, 0.6) is 5.75 Å². The van der Waals surface area contributed by atoms with E-state index in [1.54, 1.807) is 37.6 Å². The van der Waals surface area contributed by atoms with E-state index in [0.717, 1.165) is 17.1 Å². The largest absolute Gasteiger partial charge is 0.497 e. The summed E-state index contributed by atoms with van der Waals surface area (Å²) < 4.78 is 5.08. The summed E-state index contributed by atoms with van der Waals surface area (Å²) in [6, 6.07) is 16.5. The van der Waals surface area contributed by atoms with Gasteiger partial charge in [-0.1, -0.05) is 17.8 Å². The van der Waals surface area contributed by atoms with Gasteiger partial charge in [0.05, 0.1) is 18.6 Å². The first-order valence-corrected chi connectivity index (χ1v) is 8.55. The molecule has 0 saturated carbocycles. The minimum absolute atomic E-state index is 0.106. The van der Waals surface area contributed by atoms with Crippen LogP contribution in [-0.4, -0.2) is 34.0 Å². The average Bonchev–Trinajstić information content (AvgIpc) is 2.68. The van der Waals surface area contributed by atoms with Crippen molar-refractivity contribution in [1.29, 1.82) is 0 Å². The third-order valence-corrected chi connectivity index (χ3v) is 4.21. The molecule has 3 aromatic rings. The van der Waals surface area contributed by atoms with Crippen molar-refractivity contribution in [2.75, 3.05) is 18.2 Å². The maximum absolute atomic E-state index is 12.0. The molecule has 7 heteroatoms. The zero-order valence-corrected chi connectivity index (χ0v) is 14.4. The third kappa shape index (κ3) is 4.77. The second-order valence-electron chi connectivity index (χ2n) is 5.04. The fourth-order valence-electron chi connectivity index (χ4n) is 2.06. The van der Waals surface area contributed by atoms with Gasteiger partial charge in [0, 0.05) is 11.9 Å². The number of carbonyl (C=O) groups is 1. The fraction of sp³-hybridized carbons (Fsp3) is 0.111. The molecule has 0 aliphatic heterocycles. The molecule has 1 aromatic carbocycles. The predicted octanol–water partition coefficient (Wildman–Crippen LogP) is 3.28. The van der Waals surface area contributed by atoms with Gasteiger partial charge in [-0.05, 0) is 48.5 Å². The first-order valence-electron chi connectivity index (χ1n) is 7.56. The van der Waals surface area contributed by atoms with E-state index in [2.05, 4.69) is 20.5 Å². The van der Waals surface area contributed by atoms with Crippen LogP contribution in [0.2, 0.25) is 0 Å². The minimum Gasteiger partial charge on any atom is -0.497 e. The zero-order valence-electron chi connectivity index (χ0n) is 13.5. The first-order chi connectivity index (χ1) is 12.2. The van der Waals surface area contributed by atoms with Crippen molar-refractivity contribution in [3.63, 3.8) is 0 Å². The summed E-state index contributed by atoms with van der Waals surface area (Å²) in [6.07, 6.45) is 1.71. The quantitative estimate of drug-likeness (QED) is 0.686. The standard InChI is InChI=1S/C18H16N4O2S/c1-24-14-7-5-13(6-8-14)20-17(23)12-25-18-10-9-16(21-22-18)15-4-2-3-11-19-15/h2-11H,12H2,1H3,(H,20,23). The predicted molar refractivity (Wildman–Crippen MR) is 97.6 cm³/mol. The highest BCUT2D eigenvalue weighted by Gasteiger charge is 2.06. The van der Waals surface area contributed by atoms with Gasteiger partial charge in [-0.3, -0.25) is 9.78 Å². The molecule has 0 aliphatic rings. The minimum atomic E-state index is -0.106. The molecule has 2 heterocycles. The normalized spacial score (nSPS) is 10.3. The molecule has 126 valence electrons. The summed E-state index contributed by atoms with van der Waals surface area (Å²) in [5.74, 6) is 0.894. The Balaban J connectivity index is 1.53. The molecule has 0 unspecified atom stereocenters. The van der Waals surface area contributed by atoms with E-state index in [9.17, 15) is 4.79 Å². The number of ether oxygens (including phenoxy) is 1. The Kier molecular flexibility index (Phi) is 5.58. The lowest BCUT2D eigenvalue weighted by molar-refractivity contribution is -0.113. The summed E-state index contributed by atoms with van der Waals surface area (Å²) in [7, 11) is 1.60. The molecule has 1 N–H and O–H groups in total. The van der Waals surface area contributed by atoms with Gasteiger partial charge in [-0.15, -0.1) is 10.2 Å². The van der Waals surface area contributed by atoms with E-state index in [-0.39, 0.29) is 11.7 Å². The summed E-state index contributed by atoms with van der Waals surface area (Å²) in [6.45, 7) is 0. The number of carbonyl (C=O) groups excluding carboxylic acids is 1. The van der Waals surface area contributed by atoms with Crippen molar-refractivity contribution in [1.82, 2.24) is 15.2 Å². The number of hydrogen-bond acceptors (Lipinski definition) is 6. The lowest BCUT2D eigenvalue weighted by Gasteiger charge is -2.06. The van der Waals surface area contributed by atoms with Crippen LogP contribution in [-0.2, 0) is 4.79 Å². The monoisotopic (exact) mass is 352 g/mol. The SMILES string of the molecule is COc1ccc(NC(=O)CSc2ccc(-c3ccccn3)nn2)cc1. The second-order valence-corrected chi connectivity index (χ2v) is 6.03. The fourth-order valence-corrected chi connectivity index (χ4v) is 2.67. The Morgan fingerprint density at radius 2 is 1.88 bits per heavy atom. The van der Waals surface area contributed by atoms with E-state index in [1.807, 2.05) is 30.3 Å². The number of anilines is 1. The first kappa shape index (κ1) is 16.9. The van der Waals surface area contributed by atoms with Crippen LogP contribution in [0, 0.1) is 0 Å². The Morgan fingerprint density at radius 3 is 2.52 bits per heavy atom. The number of thioether (sulfide) groups is 1. The molecule has 0 radical (unpaired) electrons. The highest BCUT2D eigenvalue weighted by atomic mass is 32.2. The Labute approximate surface area is 149 Å². The van der Waals surface area contributed by atoms with Crippen molar-refractivity contribution in [2.45, 2.75) is 5.03 Å². The third-order valence-electron chi connectivity index (χ3n) is 3.29. The molecule has 0 spiro atoms. The van der Waals surface area contributed by atoms with Crippen molar-refractivity contribution in [2.24, 2.45) is 0 Å². The summed E-state index contributed by atoms with van der Waals surface area (Å²) >= 11 is 1.33. The Bertz CT molecular complexity index is 824. The number of rotatable bonds is 6. The molecular weight excluding hydrogens is 336 g/mol. The van der Waals surface area contributed by atoms with Crippen LogP contribution >= 0.6 is 11.8 Å². The molecule has 0 atom stereocenters. The number of methoxy groups -OCH3 is 1. The average molecular weight is 352 g/mol. The molecule has 3 rings (SSSR count). The molecule has 1 amide bonds. The van der Waals surface area contributed by atoms with E-state index in [0.29, 0.717) is 10.7 Å². The maximum Gasteiger partial charge on any atom is 0.234 e. The van der Waals surface area contributed by atoms with Gasteiger partial charge in [0.25, 0.3) is 0 Å². The molecule has 0 bridgehead atoms. The number of nitrogens with one attached hydrogen (secondary N) is 1. The smallest absolute Gasteiger partial charge is 0.234 e. The van der Waals surface area contributed by atoms with E-state index in [4.69, 9.17) is 4.74 Å². The highest BCUT2D eigenvalue weighted by Crippen LogP contribution is 2.19. The van der Waals surface area contributed by atoms with Crippen molar-refractivity contribution >= 4 is 23.4 Å². The Morgan fingerprint density at radius 1 is 1.04 bits per heavy atom. The maximum atomic E-state index is 12.0. The summed E-state index contributed by atoms with van der Waals surface area (Å²) in [4.78, 5) is 16.2. The van der Waals surface area contributed by atoms with Crippen LogP contribution in [0.15, 0.2) is 65.8 Å². The number of amides is 1.